The Morgan fingerprint density at radius 3 is 1.73 bits per heavy atom. The number of aromatic nitrogens is 1. The van der Waals surface area contributed by atoms with E-state index in [2.05, 4.69) is 36.3 Å². The number of carbonyl (C=O) groups is 8. The van der Waals surface area contributed by atoms with Gasteiger partial charge in [0.1, 0.15) is 42.5 Å². The van der Waals surface area contributed by atoms with E-state index in [0.717, 1.165) is 37.8 Å². The van der Waals surface area contributed by atoms with Gasteiger partial charge in [-0.05, 0) is 43.0 Å². The summed E-state index contributed by atoms with van der Waals surface area (Å²) in [5.41, 5.74) is 0.593. The van der Waals surface area contributed by atoms with Crippen LogP contribution in [0, 0.1) is 23.5 Å². The van der Waals surface area contributed by atoms with Gasteiger partial charge in [0.2, 0.25) is 23.6 Å². The molecule has 3 aromatic rings. The van der Waals surface area contributed by atoms with Gasteiger partial charge >= 0.3 is 11.9 Å². The molecular weight excluding hydrogens is 790 g/mol. The number of para-hydroxylation sites is 2. The van der Waals surface area contributed by atoms with Crippen molar-refractivity contribution in [3.63, 3.8) is 0 Å². The first-order valence-electron chi connectivity index (χ1n) is 18.5. The van der Waals surface area contributed by atoms with Crippen molar-refractivity contribution >= 4 is 58.2 Å². The molecule has 19 heteroatoms. The Bertz CT molecular complexity index is 2030. The van der Waals surface area contributed by atoms with Crippen molar-refractivity contribution in [2.24, 2.45) is 11.8 Å². The van der Waals surface area contributed by atoms with Gasteiger partial charge in [-0.2, -0.15) is 0 Å². The van der Waals surface area contributed by atoms with Crippen LogP contribution < -0.4 is 31.3 Å². The maximum Gasteiger partial charge on any atom is 0.308 e. The summed E-state index contributed by atoms with van der Waals surface area (Å²) in [6.07, 6.45) is -1.35. The van der Waals surface area contributed by atoms with Crippen molar-refractivity contribution in [1.82, 2.24) is 31.6 Å². The summed E-state index contributed by atoms with van der Waals surface area (Å²) >= 11 is 0. The quantitative estimate of drug-likeness (QED) is 0.103. The van der Waals surface area contributed by atoms with Gasteiger partial charge in [0.25, 0.3) is 5.91 Å². The minimum absolute atomic E-state index is 0. The number of hydrogen-bond donors (Lipinski definition) is 5. The predicted octanol–water partition coefficient (Wildman–Crippen LogP) is 2.29. The summed E-state index contributed by atoms with van der Waals surface area (Å²) in [6, 6.07) is 6.07. The summed E-state index contributed by atoms with van der Waals surface area (Å²) in [5.74, 6) is -11.2. The maximum absolute atomic E-state index is 14.0. The Morgan fingerprint density at radius 2 is 1.15 bits per heavy atom. The Balaban J connectivity index is 0.0000124. The second-order valence-corrected chi connectivity index (χ2v) is 14.0. The third-order valence-corrected chi connectivity index (χ3v) is 8.88. The van der Waals surface area contributed by atoms with Crippen LogP contribution in [0.4, 0.5) is 8.78 Å². The molecule has 1 aromatic heterocycles. The third-order valence-electron chi connectivity index (χ3n) is 8.88. The number of nitrogens with zero attached hydrogens (tertiary/aromatic N) is 1. The summed E-state index contributed by atoms with van der Waals surface area (Å²) in [5, 5.41) is 13.1. The van der Waals surface area contributed by atoms with Gasteiger partial charge in [0.05, 0.1) is 32.6 Å². The maximum atomic E-state index is 14.0. The molecule has 0 unspecified atom stereocenters. The molecule has 5 N–H and O–H groups in total. The fourth-order valence-electron chi connectivity index (χ4n) is 5.48. The number of methoxy groups -OCH3 is 2. The highest BCUT2D eigenvalue weighted by molar-refractivity contribution is 6.00. The Hall–Kier alpha value is -6.53. The van der Waals surface area contributed by atoms with Crippen LogP contribution in [-0.2, 0) is 43.0 Å². The second kappa shape index (κ2) is 23.2. The van der Waals surface area contributed by atoms with Crippen molar-refractivity contribution in [2.45, 2.75) is 85.1 Å². The predicted molar refractivity (Wildman–Crippen MR) is 213 cm³/mol. The van der Waals surface area contributed by atoms with E-state index in [9.17, 15) is 47.1 Å². The summed E-state index contributed by atoms with van der Waals surface area (Å²) in [4.78, 5) is 109. The lowest BCUT2D eigenvalue weighted by molar-refractivity contribution is -0.144. The molecule has 0 aliphatic carbocycles. The van der Waals surface area contributed by atoms with Crippen LogP contribution in [0.5, 0.6) is 5.75 Å². The molecule has 0 bridgehead atoms. The summed E-state index contributed by atoms with van der Waals surface area (Å²) in [6.45, 7) is 6.73. The molecule has 0 aliphatic heterocycles. The van der Waals surface area contributed by atoms with Gasteiger partial charge in [-0.15, -0.1) is 0 Å². The number of benzene rings is 2. The fraction of sp³-hybridized carbons (Fsp3) is 0.439. The SMILES string of the molecule is C.COC(=O)C[C@H](NC(=O)[C@H](C)NC(=O)[C@@H](NC(=O)[C@H](CC(=O)OC)NC(=O)[C@@H](NC(=O)c1ccc2ccccc2n1)C(C)C)C(C)C)C(=O)COc1c(F)cccc1F. The number of fused-ring (bicyclic) bond motifs is 1. The van der Waals surface area contributed by atoms with Gasteiger partial charge in [-0.1, -0.05) is 65.5 Å². The lowest BCUT2D eigenvalue weighted by Gasteiger charge is -2.28. The second-order valence-electron chi connectivity index (χ2n) is 14.0. The average molecular weight is 843 g/mol. The molecule has 0 radical (unpaired) electrons. The number of ketones is 1. The zero-order valence-corrected chi connectivity index (χ0v) is 33.6. The van der Waals surface area contributed by atoms with E-state index >= 15 is 0 Å². The smallest absolute Gasteiger partial charge is 0.308 e. The average Bonchev–Trinajstić information content (AvgIpc) is 3.19. The molecule has 0 fully saturated rings. The van der Waals surface area contributed by atoms with E-state index in [1.54, 1.807) is 45.9 Å². The molecule has 0 saturated carbocycles. The molecule has 326 valence electrons. The molecule has 0 spiro atoms. The third kappa shape index (κ3) is 14.1. The van der Waals surface area contributed by atoms with Gasteiger partial charge in [0.15, 0.2) is 23.2 Å². The van der Waals surface area contributed by atoms with Crippen LogP contribution in [0.15, 0.2) is 54.6 Å². The fourth-order valence-corrected chi connectivity index (χ4v) is 5.48. The Kier molecular flexibility index (Phi) is 19.2. The lowest BCUT2D eigenvalue weighted by atomic mass is 10.0. The number of hydrogen-bond acceptors (Lipinski definition) is 12. The van der Waals surface area contributed by atoms with Crippen molar-refractivity contribution in [1.29, 1.82) is 0 Å². The zero-order valence-electron chi connectivity index (χ0n) is 33.6. The lowest BCUT2D eigenvalue weighted by Crippen LogP contribution is -2.60. The number of amides is 5. The monoisotopic (exact) mass is 842 g/mol. The van der Waals surface area contributed by atoms with Crippen LogP contribution in [0.3, 0.4) is 0 Å². The molecule has 0 aliphatic rings. The minimum Gasteiger partial charge on any atom is -0.480 e. The number of rotatable bonds is 20. The van der Waals surface area contributed by atoms with Gasteiger partial charge in [0, 0.05) is 5.39 Å². The first-order chi connectivity index (χ1) is 27.9. The largest absolute Gasteiger partial charge is 0.480 e. The number of carbonyl (C=O) groups excluding carboxylic acids is 8. The van der Waals surface area contributed by atoms with Crippen molar-refractivity contribution < 1.29 is 61.3 Å². The minimum atomic E-state index is -1.60. The van der Waals surface area contributed by atoms with Crippen LogP contribution in [0.25, 0.3) is 10.9 Å². The van der Waals surface area contributed by atoms with Crippen molar-refractivity contribution in [2.75, 3.05) is 20.8 Å². The van der Waals surface area contributed by atoms with Gasteiger partial charge < -0.3 is 40.8 Å². The highest BCUT2D eigenvalue weighted by Crippen LogP contribution is 2.21. The van der Waals surface area contributed by atoms with Crippen molar-refractivity contribution in [3.05, 3.63) is 71.9 Å². The molecular formula is C41H52F2N6O11. The molecule has 5 atom stereocenters. The topological polar surface area (TPSA) is 237 Å². The van der Waals surface area contributed by atoms with Gasteiger partial charge in [-0.3, -0.25) is 38.4 Å². The molecule has 3 rings (SSSR count). The van der Waals surface area contributed by atoms with Crippen LogP contribution >= 0.6 is 0 Å². The summed E-state index contributed by atoms with van der Waals surface area (Å²) < 4.78 is 42.4. The first kappa shape index (κ1) is 49.6. The molecule has 17 nitrogen and oxygen atoms in total. The van der Waals surface area contributed by atoms with E-state index in [0.29, 0.717) is 5.52 Å². The number of ether oxygens (including phenoxy) is 3. The Labute approximate surface area is 346 Å². The number of pyridine rings is 1. The van der Waals surface area contributed by atoms with E-state index < -0.39 is 126 Å². The normalized spacial score (nSPS) is 13.3. The molecule has 5 amide bonds. The molecule has 0 saturated heterocycles. The van der Waals surface area contributed by atoms with E-state index in [1.165, 1.54) is 13.0 Å². The first-order valence-corrected chi connectivity index (χ1v) is 18.5. The molecule has 1 heterocycles. The summed E-state index contributed by atoms with van der Waals surface area (Å²) in [7, 11) is 2.11. The Morgan fingerprint density at radius 1 is 0.617 bits per heavy atom. The number of halogens is 2. The van der Waals surface area contributed by atoms with E-state index in [4.69, 9.17) is 9.47 Å². The highest BCUT2D eigenvalue weighted by atomic mass is 19.1. The van der Waals surface area contributed by atoms with Gasteiger partial charge in [-0.25, -0.2) is 13.8 Å². The van der Waals surface area contributed by atoms with Crippen LogP contribution in [0.1, 0.15) is 65.4 Å². The van der Waals surface area contributed by atoms with Crippen LogP contribution in [0.2, 0.25) is 0 Å². The number of Topliss-reactive ketones (excluding diaryl/α,β-unsaturated/α-hetero) is 1. The number of esters is 2. The standard InChI is InChI=1S/C40H48F2N6O11.CH4/c1-20(2)33(39(55)43-22(5)36(52)45-28(17-31(50)57-6)30(49)19-59-35-24(41)12-10-13-25(35)42)48-38(54)29(18-32(51)58-7)46-40(56)34(21(3)4)47-37(53)27-16-15-23-11-8-9-14-26(23)44-27;/h8-16,20-22,28-29,33-34H,17-19H2,1-7H3,(H,43,55)(H,45,52)(H,46,56)(H,47,53)(H,48,54);1H4/t22-,28-,29-,33-,34-;/m0./s1. The molecule has 60 heavy (non-hydrogen) atoms. The van der Waals surface area contributed by atoms with E-state index in [-0.39, 0.29) is 13.1 Å². The highest BCUT2D eigenvalue weighted by Gasteiger charge is 2.35. The number of nitrogens with one attached hydrogen (secondary N) is 5. The van der Waals surface area contributed by atoms with Crippen molar-refractivity contribution in [3.8, 4) is 5.75 Å². The van der Waals surface area contributed by atoms with Crippen LogP contribution in [-0.4, -0.2) is 103 Å². The molecule has 2 aromatic carbocycles. The zero-order chi connectivity index (χ0) is 44.0. The van der Waals surface area contributed by atoms with E-state index in [1.807, 2.05) is 12.1 Å².